The number of allylic oxidation sites excluding steroid dienone is 4. The van der Waals surface area contributed by atoms with Crippen LogP contribution in [0.3, 0.4) is 0 Å². The number of hydrogen-bond acceptors (Lipinski definition) is 5. The van der Waals surface area contributed by atoms with Gasteiger partial charge in [0.25, 0.3) is 0 Å². The van der Waals surface area contributed by atoms with E-state index in [2.05, 4.69) is 6.92 Å². The highest BCUT2D eigenvalue weighted by Crippen LogP contribution is 2.68. The van der Waals surface area contributed by atoms with E-state index in [4.69, 9.17) is 11.6 Å². The van der Waals surface area contributed by atoms with Crippen LogP contribution >= 0.6 is 11.6 Å². The smallest absolute Gasteiger partial charge is 0.190 e. The van der Waals surface area contributed by atoms with E-state index in [1.54, 1.807) is 12.2 Å². The van der Waals surface area contributed by atoms with Gasteiger partial charge in [-0.05, 0) is 49.2 Å². The molecule has 3 fully saturated rings. The first-order valence-corrected chi connectivity index (χ1v) is 10.6. The Bertz CT molecular complexity index is 790. The molecule has 3 N–H and O–H groups in total. The fourth-order valence-electron chi connectivity index (χ4n) is 7.29. The lowest BCUT2D eigenvalue weighted by Gasteiger charge is -2.60. The maximum Gasteiger partial charge on any atom is 0.190 e. The first-order chi connectivity index (χ1) is 13.0. The molecule has 0 spiro atoms. The number of alkyl halides is 1. The summed E-state index contributed by atoms with van der Waals surface area (Å²) in [5.74, 6) is -1.29. The van der Waals surface area contributed by atoms with Crippen LogP contribution in [0.1, 0.15) is 40.0 Å². The molecule has 9 atom stereocenters. The van der Waals surface area contributed by atoms with Gasteiger partial charge in [0.2, 0.25) is 0 Å². The molecular weight excluding hydrogens is 380 g/mol. The van der Waals surface area contributed by atoms with Crippen LogP contribution in [-0.2, 0) is 9.59 Å². The quantitative estimate of drug-likeness (QED) is 0.607. The van der Waals surface area contributed by atoms with Crippen molar-refractivity contribution in [1.82, 2.24) is 0 Å². The fraction of sp³-hybridized carbons (Fsp3) is 0.727. The highest BCUT2D eigenvalue weighted by Gasteiger charge is 2.71. The molecule has 6 heteroatoms. The predicted octanol–water partition coefficient (Wildman–Crippen LogP) is 2.02. The first-order valence-electron chi connectivity index (χ1n) is 10.1. The summed E-state index contributed by atoms with van der Waals surface area (Å²) in [7, 11) is 0. The highest BCUT2D eigenvalue weighted by molar-refractivity contribution is 6.21. The zero-order valence-corrected chi connectivity index (χ0v) is 17.3. The fourth-order valence-corrected chi connectivity index (χ4v) is 7.79. The van der Waals surface area contributed by atoms with Crippen LogP contribution in [0.4, 0.5) is 0 Å². The maximum atomic E-state index is 12.6. The average Bonchev–Trinajstić information content (AvgIpc) is 2.83. The standard InChI is InChI=1S/C22H29ClO5/c1-11-6-14-18-15(23)8-12-7-13(25)4-5-20(12,2)19(18)16(26)9-21(14,3)22(11,28)17(27)10-24/h4-5,7,11,14-16,18-19,24,26,28H,6,8-10H2,1-3H3/t11-,14?,15-,16+,18?,19+,20+,21+,22+/m1/s1. The van der Waals surface area contributed by atoms with E-state index >= 15 is 0 Å². The monoisotopic (exact) mass is 408 g/mol. The molecule has 0 aromatic rings. The number of halogens is 1. The van der Waals surface area contributed by atoms with E-state index in [9.17, 15) is 24.9 Å². The Morgan fingerprint density at radius 2 is 2.04 bits per heavy atom. The van der Waals surface area contributed by atoms with Gasteiger partial charge in [-0.2, -0.15) is 0 Å². The second-order valence-electron chi connectivity index (χ2n) is 9.79. The molecule has 4 aliphatic carbocycles. The van der Waals surface area contributed by atoms with Crippen LogP contribution in [0.5, 0.6) is 0 Å². The lowest BCUT2D eigenvalue weighted by Crippen LogP contribution is -2.64. The topological polar surface area (TPSA) is 94.8 Å². The number of Topliss-reactive ketones (excluding diaryl/α,β-unsaturated/α-hetero) is 1. The average molecular weight is 409 g/mol. The summed E-state index contributed by atoms with van der Waals surface area (Å²) in [6, 6.07) is 0. The molecule has 5 nitrogen and oxygen atoms in total. The predicted molar refractivity (Wildman–Crippen MR) is 105 cm³/mol. The maximum absolute atomic E-state index is 12.6. The van der Waals surface area contributed by atoms with Crippen molar-refractivity contribution in [2.45, 2.75) is 57.1 Å². The molecule has 0 aliphatic heterocycles. The minimum absolute atomic E-state index is 0.0525. The lowest BCUT2D eigenvalue weighted by molar-refractivity contribution is -0.183. The summed E-state index contributed by atoms with van der Waals surface area (Å²) in [6.45, 7) is 5.05. The van der Waals surface area contributed by atoms with E-state index in [0.717, 1.165) is 5.57 Å². The van der Waals surface area contributed by atoms with Crippen molar-refractivity contribution < 1.29 is 24.9 Å². The van der Waals surface area contributed by atoms with Gasteiger partial charge in [0.15, 0.2) is 11.6 Å². The molecule has 0 radical (unpaired) electrons. The van der Waals surface area contributed by atoms with Crippen molar-refractivity contribution in [3.63, 3.8) is 0 Å². The third kappa shape index (κ3) is 2.31. The van der Waals surface area contributed by atoms with E-state index in [1.165, 1.54) is 0 Å². The molecule has 0 bridgehead atoms. The van der Waals surface area contributed by atoms with Crippen LogP contribution in [0.2, 0.25) is 0 Å². The SMILES string of the molecule is C[C@@H]1CC2C3[C@H](Cl)CC4=CC(=O)C=C[C@]4(C)[C@H]3[C@@H](O)C[C@]2(C)[C@@]1(O)C(=O)CO. The Morgan fingerprint density at radius 3 is 2.68 bits per heavy atom. The van der Waals surface area contributed by atoms with Crippen molar-refractivity contribution in [2.75, 3.05) is 6.61 Å². The van der Waals surface area contributed by atoms with Crippen molar-refractivity contribution in [2.24, 2.45) is 34.5 Å². The molecule has 2 unspecified atom stereocenters. The van der Waals surface area contributed by atoms with Gasteiger partial charge in [-0.1, -0.05) is 32.4 Å². The van der Waals surface area contributed by atoms with E-state index in [0.29, 0.717) is 12.8 Å². The molecular formula is C22H29ClO5. The number of rotatable bonds is 2. The highest BCUT2D eigenvalue weighted by atomic mass is 35.5. The minimum Gasteiger partial charge on any atom is -0.393 e. The Kier molecular flexibility index (Phi) is 4.52. The second kappa shape index (κ2) is 6.24. The van der Waals surface area contributed by atoms with Crippen molar-refractivity contribution in [3.8, 4) is 0 Å². The number of aliphatic hydroxyl groups excluding tert-OH is 2. The molecule has 0 heterocycles. The molecule has 0 aromatic carbocycles. The summed E-state index contributed by atoms with van der Waals surface area (Å²) >= 11 is 6.86. The second-order valence-corrected chi connectivity index (χ2v) is 10.4. The molecule has 3 saturated carbocycles. The summed E-state index contributed by atoms with van der Waals surface area (Å²) < 4.78 is 0. The molecule has 154 valence electrons. The number of fused-ring (bicyclic) bond motifs is 5. The summed E-state index contributed by atoms with van der Waals surface area (Å²) in [4.78, 5) is 24.5. The van der Waals surface area contributed by atoms with Crippen molar-refractivity contribution >= 4 is 23.2 Å². The minimum atomic E-state index is -1.68. The summed E-state index contributed by atoms with van der Waals surface area (Å²) in [5, 5.41) is 32.0. The van der Waals surface area contributed by atoms with Gasteiger partial charge in [0.1, 0.15) is 12.2 Å². The van der Waals surface area contributed by atoms with Gasteiger partial charge in [-0.25, -0.2) is 0 Å². The number of aliphatic hydroxyl groups is 3. The summed E-state index contributed by atoms with van der Waals surface area (Å²) in [5.41, 5.74) is -2.04. The lowest BCUT2D eigenvalue weighted by atomic mass is 9.46. The molecule has 4 rings (SSSR count). The Labute approximate surface area is 170 Å². The molecule has 0 aromatic heterocycles. The zero-order chi connectivity index (χ0) is 20.6. The third-order valence-corrected chi connectivity index (χ3v) is 9.08. The zero-order valence-electron chi connectivity index (χ0n) is 16.6. The third-order valence-electron chi connectivity index (χ3n) is 8.63. The van der Waals surface area contributed by atoms with Gasteiger partial charge in [0.05, 0.1) is 6.10 Å². The van der Waals surface area contributed by atoms with Crippen molar-refractivity contribution in [1.29, 1.82) is 0 Å². The molecule has 0 amide bonds. The van der Waals surface area contributed by atoms with E-state index in [-0.39, 0.29) is 41.3 Å². The number of carbonyl (C=O) groups is 2. The van der Waals surface area contributed by atoms with E-state index in [1.807, 2.05) is 19.9 Å². The van der Waals surface area contributed by atoms with Gasteiger partial charge in [-0.15, -0.1) is 11.6 Å². The normalized spacial score (nSPS) is 52.5. The Balaban J connectivity index is 1.82. The number of hydrogen-bond donors (Lipinski definition) is 3. The van der Waals surface area contributed by atoms with Gasteiger partial charge in [-0.3, -0.25) is 9.59 Å². The first kappa shape index (κ1) is 20.3. The van der Waals surface area contributed by atoms with Crippen LogP contribution in [-0.4, -0.2) is 50.6 Å². The Hall–Kier alpha value is -1.01. The summed E-state index contributed by atoms with van der Waals surface area (Å²) in [6.07, 6.45) is 5.78. The van der Waals surface area contributed by atoms with E-state index < -0.39 is 34.9 Å². The van der Waals surface area contributed by atoms with Crippen molar-refractivity contribution in [3.05, 3.63) is 23.8 Å². The largest absolute Gasteiger partial charge is 0.393 e. The number of ketones is 2. The molecule has 28 heavy (non-hydrogen) atoms. The van der Waals surface area contributed by atoms with Gasteiger partial charge in [0, 0.05) is 22.1 Å². The number of carbonyl (C=O) groups excluding carboxylic acids is 2. The van der Waals surface area contributed by atoms with Gasteiger partial charge >= 0.3 is 0 Å². The Morgan fingerprint density at radius 1 is 1.36 bits per heavy atom. The van der Waals surface area contributed by atoms with Crippen LogP contribution < -0.4 is 0 Å². The van der Waals surface area contributed by atoms with Crippen LogP contribution in [0.25, 0.3) is 0 Å². The van der Waals surface area contributed by atoms with Crippen LogP contribution in [0.15, 0.2) is 23.8 Å². The van der Waals surface area contributed by atoms with Crippen LogP contribution in [0, 0.1) is 34.5 Å². The molecule has 4 aliphatic rings. The van der Waals surface area contributed by atoms with Gasteiger partial charge < -0.3 is 15.3 Å². The molecule has 0 saturated heterocycles.